The van der Waals surface area contributed by atoms with Crippen LogP contribution in [0.3, 0.4) is 0 Å². The third-order valence-corrected chi connectivity index (χ3v) is 4.53. The summed E-state index contributed by atoms with van der Waals surface area (Å²) in [6.07, 6.45) is 1.51. The third kappa shape index (κ3) is 3.34. The average molecular weight is 284 g/mol. The van der Waals surface area contributed by atoms with Gasteiger partial charge in [-0.05, 0) is 24.1 Å². The summed E-state index contributed by atoms with van der Waals surface area (Å²) in [6, 6.07) is 5.34. The summed E-state index contributed by atoms with van der Waals surface area (Å²) in [7, 11) is -1.29. The van der Waals surface area contributed by atoms with Crippen LogP contribution >= 0.6 is 0 Å². The van der Waals surface area contributed by atoms with Crippen molar-refractivity contribution >= 4 is 16.5 Å². The maximum absolute atomic E-state index is 13.6. The van der Waals surface area contributed by atoms with Crippen LogP contribution in [0.2, 0.25) is 0 Å². The second-order valence-electron chi connectivity index (χ2n) is 5.32. The highest BCUT2D eigenvalue weighted by atomic mass is 32.2. The number of nitrogens with one attached hydrogen (secondary N) is 1. The highest BCUT2D eigenvalue weighted by Crippen LogP contribution is 2.23. The highest BCUT2D eigenvalue weighted by molar-refractivity contribution is 7.84. The Hall–Kier alpha value is -0.940. The second-order valence-corrected chi connectivity index (χ2v) is 6.67. The molecule has 0 saturated carbocycles. The molecule has 1 heterocycles. The molecule has 0 aromatic heterocycles. The van der Waals surface area contributed by atoms with Gasteiger partial charge in [-0.15, -0.1) is 0 Å². The fraction of sp³-hybridized carbons (Fsp3) is 0.571. The van der Waals surface area contributed by atoms with E-state index in [0.717, 1.165) is 25.3 Å². The molecule has 0 spiro atoms. The van der Waals surface area contributed by atoms with Gasteiger partial charge in [-0.3, -0.25) is 4.21 Å². The summed E-state index contributed by atoms with van der Waals surface area (Å²) in [5.74, 6) is 0.170. The number of rotatable bonds is 3. The molecule has 1 fully saturated rings. The van der Waals surface area contributed by atoms with Crippen molar-refractivity contribution in [3.63, 3.8) is 0 Å². The molecule has 1 aliphatic rings. The van der Waals surface area contributed by atoms with Crippen LogP contribution in [0.4, 0.5) is 10.1 Å². The Balaban J connectivity index is 2.22. The zero-order valence-electron chi connectivity index (χ0n) is 11.6. The quantitative estimate of drug-likeness (QED) is 0.921. The van der Waals surface area contributed by atoms with E-state index >= 15 is 0 Å². The van der Waals surface area contributed by atoms with Gasteiger partial charge in [0.2, 0.25) is 0 Å². The van der Waals surface area contributed by atoms with E-state index < -0.39 is 10.8 Å². The first-order chi connectivity index (χ1) is 8.99. The van der Waals surface area contributed by atoms with Crippen LogP contribution in [0.1, 0.15) is 13.8 Å². The first kappa shape index (κ1) is 14.5. The minimum atomic E-state index is -1.29. The fourth-order valence-electron chi connectivity index (χ4n) is 2.37. The predicted octanol–water partition coefficient (Wildman–Crippen LogP) is 2.00. The van der Waals surface area contributed by atoms with Crippen molar-refractivity contribution in [3.8, 4) is 0 Å². The lowest BCUT2D eigenvalue weighted by Gasteiger charge is -2.37. The monoisotopic (exact) mass is 284 g/mol. The molecule has 1 aromatic rings. The molecule has 1 N–H and O–H groups in total. The van der Waals surface area contributed by atoms with Crippen molar-refractivity contribution in [2.24, 2.45) is 5.92 Å². The van der Waals surface area contributed by atoms with E-state index in [0.29, 0.717) is 12.0 Å². The zero-order valence-corrected chi connectivity index (χ0v) is 12.5. The summed E-state index contributed by atoms with van der Waals surface area (Å²) in [5.41, 5.74) is 0.957. The van der Waals surface area contributed by atoms with E-state index in [4.69, 9.17) is 0 Å². The molecule has 0 radical (unpaired) electrons. The molecule has 1 aliphatic heterocycles. The Morgan fingerprint density at radius 3 is 2.84 bits per heavy atom. The summed E-state index contributed by atoms with van der Waals surface area (Å²) < 4.78 is 25.1. The van der Waals surface area contributed by atoms with Crippen molar-refractivity contribution in [3.05, 3.63) is 24.0 Å². The Kier molecular flexibility index (Phi) is 4.58. The maximum Gasteiger partial charge on any atom is 0.139 e. The standard InChI is InChI=1S/C14H21FN2OS/c1-10(2)13-9-17(7-6-16-13)11-4-5-12(15)14(8-11)19(3)18/h4-5,8,10,13,16H,6-7,9H2,1-3H3/t13-,19?/m0/s1. The third-order valence-electron chi connectivity index (χ3n) is 3.60. The van der Waals surface area contributed by atoms with Crippen molar-refractivity contribution in [2.45, 2.75) is 24.8 Å². The molecule has 1 saturated heterocycles. The number of benzene rings is 1. The predicted molar refractivity (Wildman–Crippen MR) is 77.6 cm³/mol. The van der Waals surface area contributed by atoms with Crippen molar-refractivity contribution in [2.75, 3.05) is 30.8 Å². The molecule has 19 heavy (non-hydrogen) atoms. The molecule has 2 atom stereocenters. The summed E-state index contributed by atoms with van der Waals surface area (Å²) in [5, 5.41) is 3.49. The highest BCUT2D eigenvalue weighted by Gasteiger charge is 2.22. The number of nitrogens with zero attached hydrogens (tertiary/aromatic N) is 1. The number of hydrogen-bond acceptors (Lipinski definition) is 3. The van der Waals surface area contributed by atoms with Crippen molar-refractivity contribution < 1.29 is 8.60 Å². The van der Waals surface area contributed by atoms with Gasteiger partial charge in [0.25, 0.3) is 0 Å². The second kappa shape index (κ2) is 6.01. The minimum Gasteiger partial charge on any atom is -0.369 e. The molecule has 0 bridgehead atoms. The van der Waals surface area contributed by atoms with E-state index in [1.165, 1.54) is 12.3 Å². The van der Waals surface area contributed by atoms with Crippen LogP contribution in [-0.4, -0.2) is 36.1 Å². The van der Waals surface area contributed by atoms with E-state index in [9.17, 15) is 8.60 Å². The molecule has 1 unspecified atom stereocenters. The summed E-state index contributed by atoms with van der Waals surface area (Å²) in [6.45, 7) is 7.10. The minimum absolute atomic E-state index is 0.289. The van der Waals surface area contributed by atoms with Crippen LogP contribution in [0.25, 0.3) is 0 Å². The van der Waals surface area contributed by atoms with Crippen LogP contribution in [-0.2, 0) is 10.8 Å². The van der Waals surface area contributed by atoms with E-state index in [1.807, 2.05) is 0 Å². The van der Waals surface area contributed by atoms with Gasteiger partial charge in [-0.2, -0.15) is 0 Å². The Morgan fingerprint density at radius 2 is 2.21 bits per heavy atom. The van der Waals surface area contributed by atoms with Crippen LogP contribution in [0, 0.1) is 11.7 Å². The number of piperazine rings is 1. The topological polar surface area (TPSA) is 32.3 Å². The molecule has 0 amide bonds. The van der Waals surface area contributed by atoms with Gasteiger partial charge in [-0.25, -0.2) is 4.39 Å². The van der Waals surface area contributed by atoms with Gasteiger partial charge in [0.1, 0.15) is 5.82 Å². The Morgan fingerprint density at radius 1 is 1.47 bits per heavy atom. The van der Waals surface area contributed by atoms with E-state index in [1.54, 1.807) is 12.1 Å². The number of halogens is 1. The van der Waals surface area contributed by atoms with Gasteiger partial charge in [0, 0.05) is 37.6 Å². The van der Waals surface area contributed by atoms with Gasteiger partial charge in [-0.1, -0.05) is 13.8 Å². The van der Waals surface area contributed by atoms with Crippen molar-refractivity contribution in [1.29, 1.82) is 0 Å². The lowest BCUT2D eigenvalue weighted by molar-refractivity contribution is 0.368. The molecule has 106 valence electrons. The molecule has 1 aromatic carbocycles. The average Bonchev–Trinajstić information content (AvgIpc) is 2.39. The van der Waals surface area contributed by atoms with Gasteiger partial charge in [0.15, 0.2) is 0 Å². The summed E-state index contributed by atoms with van der Waals surface area (Å²) >= 11 is 0. The normalized spacial score (nSPS) is 21.7. The first-order valence-corrected chi connectivity index (χ1v) is 8.16. The smallest absolute Gasteiger partial charge is 0.139 e. The van der Waals surface area contributed by atoms with Gasteiger partial charge >= 0.3 is 0 Å². The van der Waals surface area contributed by atoms with E-state index in [-0.39, 0.29) is 10.7 Å². The van der Waals surface area contributed by atoms with Crippen LogP contribution in [0.5, 0.6) is 0 Å². The summed E-state index contributed by atoms with van der Waals surface area (Å²) in [4.78, 5) is 2.52. The lowest BCUT2D eigenvalue weighted by Crippen LogP contribution is -2.53. The molecule has 3 nitrogen and oxygen atoms in total. The molecule has 2 rings (SSSR count). The zero-order chi connectivity index (χ0) is 14.0. The molecular weight excluding hydrogens is 263 g/mol. The van der Waals surface area contributed by atoms with Crippen LogP contribution in [0.15, 0.2) is 23.1 Å². The molecule has 0 aliphatic carbocycles. The largest absolute Gasteiger partial charge is 0.369 e. The number of hydrogen-bond donors (Lipinski definition) is 1. The van der Waals surface area contributed by atoms with Gasteiger partial charge in [0.05, 0.1) is 15.7 Å². The first-order valence-electron chi connectivity index (χ1n) is 6.60. The molecule has 5 heteroatoms. The Labute approximate surface area is 116 Å². The Bertz CT molecular complexity index is 479. The van der Waals surface area contributed by atoms with Crippen molar-refractivity contribution in [1.82, 2.24) is 5.32 Å². The maximum atomic E-state index is 13.6. The lowest BCUT2D eigenvalue weighted by atomic mass is 10.0. The van der Waals surface area contributed by atoms with Crippen LogP contribution < -0.4 is 10.2 Å². The van der Waals surface area contributed by atoms with E-state index in [2.05, 4.69) is 24.1 Å². The van der Waals surface area contributed by atoms with Gasteiger partial charge < -0.3 is 10.2 Å². The number of anilines is 1. The molecular formula is C14H21FN2OS. The fourth-order valence-corrected chi connectivity index (χ4v) is 3.00. The SMILES string of the molecule is CC(C)[C@@H]1CN(c2ccc(F)c(S(C)=O)c2)CCN1.